The third kappa shape index (κ3) is 3.30. The van der Waals surface area contributed by atoms with E-state index in [4.69, 9.17) is 4.74 Å². The van der Waals surface area contributed by atoms with Crippen LogP contribution in [-0.4, -0.2) is 19.6 Å². The number of carbonyl (C=O) groups is 1. The quantitative estimate of drug-likeness (QED) is 0.797. The van der Waals surface area contributed by atoms with E-state index in [1.165, 1.54) is 12.7 Å². The molecule has 1 N–H and O–H groups in total. The third-order valence-electron chi connectivity index (χ3n) is 2.99. The van der Waals surface area contributed by atoms with Crippen molar-refractivity contribution < 1.29 is 9.53 Å². The van der Waals surface area contributed by atoms with Crippen LogP contribution in [0.25, 0.3) is 0 Å². The maximum absolute atomic E-state index is 11.8. The number of esters is 1. The van der Waals surface area contributed by atoms with Gasteiger partial charge in [-0.3, -0.25) is 0 Å². The lowest BCUT2D eigenvalue weighted by molar-refractivity contribution is -0.143. The molecule has 0 aliphatic heterocycles. The summed E-state index contributed by atoms with van der Waals surface area (Å²) in [5.74, 6) is -0.229. The van der Waals surface area contributed by atoms with Crippen molar-refractivity contribution in [1.82, 2.24) is 5.32 Å². The van der Waals surface area contributed by atoms with E-state index in [1.54, 1.807) is 0 Å². The molecule has 0 fully saturated rings. The van der Waals surface area contributed by atoms with Gasteiger partial charge < -0.3 is 10.1 Å². The van der Waals surface area contributed by atoms with Crippen molar-refractivity contribution in [3.63, 3.8) is 0 Å². The second-order valence-electron chi connectivity index (χ2n) is 4.20. The van der Waals surface area contributed by atoms with Crippen molar-refractivity contribution in [2.45, 2.75) is 33.2 Å². The lowest BCUT2D eigenvalue weighted by atomic mass is 9.97. The Morgan fingerprint density at radius 2 is 2.12 bits per heavy atom. The summed E-state index contributed by atoms with van der Waals surface area (Å²) in [6.45, 7) is 6.96. The van der Waals surface area contributed by atoms with Crippen molar-refractivity contribution in [1.29, 1.82) is 0 Å². The first kappa shape index (κ1) is 13.7. The number of hydrogen-bond donors (Lipinski definition) is 1. The third-order valence-corrected chi connectivity index (χ3v) is 2.99. The average Bonchev–Trinajstić information content (AvgIpc) is 2.34. The first-order valence-electron chi connectivity index (χ1n) is 5.99. The lowest BCUT2D eigenvalue weighted by Crippen LogP contribution is -2.30. The molecule has 0 radical (unpaired) electrons. The first-order chi connectivity index (χ1) is 8.11. The molecule has 3 nitrogen and oxygen atoms in total. The minimum absolute atomic E-state index is 0.229. The van der Waals surface area contributed by atoms with Crippen LogP contribution in [0.4, 0.5) is 0 Å². The Kier molecular flexibility index (Phi) is 5.16. The molecule has 0 amide bonds. The Bertz CT molecular complexity index is 388. The Morgan fingerprint density at radius 1 is 1.41 bits per heavy atom. The number of methoxy groups -OCH3 is 1. The zero-order chi connectivity index (χ0) is 12.8. The van der Waals surface area contributed by atoms with Crippen LogP contribution in [0.5, 0.6) is 0 Å². The molecule has 1 atom stereocenters. The summed E-state index contributed by atoms with van der Waals surface area (Å²) in [6.07, 6.45) is 0.984. The van der Waals surface area contributed by atoms with Gasteiger partial charge in [0.25, 0.3) is 0 Å². The normalized spacial score (nSPS) is 12.2. The minimum Gasteiger partial charge on any atom is -0.468 e. The highest BCUT2D eigenvalue weighted by Gasteiger charge is 2.22. The highest BCUT2D eigenvalue weighted by molar-refractivity contribution is 5.78. The topological polar surface area (TPSA) is 38.3 Å². The van der Waals surface area contributed by atoms with Crippen molar-refractivity contribution in [2.75, 3.05) is 13.7 Å². The van der Waals surface area contributed by atoms with Gasteiger partial charge in [0.05, 0.1) is 7.11 Å². The number of nitrogens with one attached hydrogen (secondary N) is 1. The summed E-state index contributed by atoms with van der Waals surface area (Å²) in [4.78, 5) is 11.8. The standard InChI is InChI=1S/C14H21NO2/c1-5-9-15-13(14(16)17-4)12-8-6-7-10(2)11(12)3/h6-8,13,15H,5,9H2,1-4H3. The van der Waals surface area contributed by atoms with E-state index in [2.05, 4.69) is 12.2 Å². The molecular weight excluding hydrogens is 214 g/mol. The number of rotatable bonds is 5. The van der Waals surface area contributed by atoms with Gasteiger partial charge in [0.1, 0.15) is 6.04 Å². The SMILES string of the molecule is CCCNC(C(=O)OC)c1cccc(C)c1C. The number of benzene rings is 1. The molecule has 94 valence electrons. The summed E-state index contributed by atoms with van der Waals surface area (Å²) < 4.78 is 4.86. The fourth-order valence-corrected chi connectivity index (χ4v) is 1.81. The van der Waals surface area contributed by atoms with E-state index in [9.17, 15) is 4.79 Å². The van der Waals surface area contributed by atoms with Gasteiger partial charge in [0.2, 0.25) is 0 Å². The summed E-state index contributed by atoms with van der Waals surface area (Å²) in [6, 6.07) is 5.64. The fraction of sp³-hybridized carbons (Fsp3) is 0.500. The molecule has 1 aromatic rings. The molecule has 1 unspecified atom stereocenters. The molecule has 3 heteroatoms. The molecule has 1 aromatic carbocycles. The molecule has 0 saturated heterocycles. The van der Waals surface area contributed by atoms with Crippen LogP contribution in [0, 0.1) is 13.8 Å². The smallest absolute Gasteiger partial charge is 0.327 e. The lowest BCUT2D eigenvalue weighted by Gasteiger charge is -2.19. The summed E-state index contributed by atoms with van der Waals surface area (Å²) in [7, 11) is 1.42. The molecule has 17 heavy (non-hydrogen) atoms. The maximum Gasteiger partial charge on any atom is 0.327 e. The van der Waals surface area contributed by atoms with Crippen molar-refractivity contribution in [2.24, 2.45) is 0 Å². The summed E-state index contributed by atoms with van der Waals surface area (Å²) >= 11 is 0. The predicted octanol–water partition coefficient (Wildman–Crippen LogP) is 2.52. The van der Waals surface area contributed by atoms with Gasteiger partial charge in [-0.2, -0.15) is 0 Å². The molecule has 0 spiro atoms. The number of hydrogen-bond acceptors (Lipinski definition) is 3. The second kappa shape index (κ2) is 6.40. The number of aryl methyl sites for hydroxylation is 1. The molecular formula is C14H21NO2. The molecule has 0 bridgehead atoms. The monoisotopic (exact) mass is 235 g/mol. The Balaban J connectivity index is 3.03. The van der Waals surface area contributed by atoms with Gasteiger partial charge in [-0.25, -0.2) is 4.79 Å². The van der Waals surface area contributed by atoms with Crippen LogP contribution in [-0.2, 0) is 9.53 Å². The number of carbonyl (C=O) groups excluding carboxylic acids is 1. The molecule has 0 saturated carbocycles. The predicted molar refractivity (Wildman–Crippen MR) is 69.0 cm³/mol. The average molecular weight is 235 g/mol. The van der Waals surface area contributed by atoms with E-state index in [-0.39, 0.29) is 12.0 Å². The van der Waals surface area contributed by atoms with Crippen molar-refractivity contribution >= 4 is 5.97 Å². The highest BCUT2D eigenvalue weighted by Crippen LogP contribution is 2.21. The van der Waals surface area contributed by atoms with E-state index in [0.717, 1.165) is 24.1 Å². The van der Waals surface area contributed by atoms with Crippen LogP contribution in [0.1, 0.15) is 36.1 Å². The summed E-state index contributed by atoms with van der Waals surface area (Å²) in [5, 5.41) is 3.23. The Hall–Kier alpha value is -1.35. The van der Waals surface area contributed by atoms with E-state index < -0.39 is 0 Å². The Morgan fingerprint density at radius 3 is 2.71 bits per heavy atom. The van der Waals surface area contributed by atoms with E-state index in [1.807, 2.05) is 32.0 Å². The largest absolute Gasteiger partial charge is 0.468 e. The minimum atomic E-state index is -0.361. The molecule has 0 aliphatic rings. The second-order valence-corrected chi connectivity index (χ2v) is 4.20. The van der Waals surface area contributed by atoms with Gasteiger partial charge in [-0.05, 0) is 43.5 Å². The maximum atomic E-state index is 11.8. The van der Waals surface area contributed by atoms with Crippen LogP contribution in [0.15, 0.2) is 18.2 Å². The van der Waals surface area contributed by atoms with Crippen molar-refractivity contribution in [3.05, 3.63) is 34.9 Å². The van der Waals surface area contributed by atoms with Gasteiger partial charge in [-0.1, -0.05) is 25.1 Å². The van der Waals surface area contributed by atoms with Crippen molar-refractivity contribution in [3.8, 4) is 0 Å². The molecule has 1 rings (SSSR count). The van der Waals surface area contributed by atoms with Crippen LogP contribution in [0.3, 0.4) is 0 Å². The van der Waals surface area contributed by atoms with E-state index >= 15 is 0 Å². The van der Waals surface area contributed by atoms with Crippen LogP contribution in [0.2, 0.25) is 0 Å². The van der Waals surface area contributed by atoms with Gasteiger partial charge >= 0.3 is 5.97 Å². The van der Waals surface area contributed by atoms with Gasteiger partial charge in [-0.15, -0.1) is 0 Å². The van der Waals surface area contributed by atoms with Crippen LogP contribution < -0.4 is 5.32 Å². The van der Waals surface area contributed by atoms with Crippen LogP contribution >= 0.6 is 0 Å². The molecule has 0 heterocycles. The number of ether oxygens (including phenoxy) is 1. The highest BCUT2D eigenvalue weighted by atomic mass is 16.5. The molecule has 0 aliphatic carbocycles. The zero-order valence-electron chi connectivity index (χ0n) is 11.0. The first-order valence-corrected chi connectivity index (χ1v) is 5.99. The van der Waals surface area contributed by atoms with E-state index in [0.29, 0.717) is 0 Å². The zero-order valence-corrected chi connectivity index (χ0v) is 11.0. The fourth-order valence-electron chi connectivity index (χ4n) is 1.81. The molecule has 0 aromatic heterocycles. The summed E-state index contributed by atoms with van der Waals surface area (Å²) in [5.41, 5.74) is 3.34. The van der Waals surface area contributed by atoms with Gasteiger partial charge in [0, 0.05) is 0 Å². The Labute approximate surface area is 103 Å². The van der Waals surface area contributed by atoms with Gasteiger partial charge in [0.15, 0.2) is 0 Å².